The Balaban J connectivity index is 1.68. The number of fused-ring (bicyclic) bond motifs is 3. The lowest BCUT2D eigenvalue weighted by Gasteiger charge is -2.50. The van der Waals surface area contributed by atoms with E-state index in [1.807, 2.05) is 25.1 Å². The van der Waals surface area contributed by atoms with Crippen LogP contribution in [0.4, 0.5) is 11.4 Å². The van der Waals surface area contributed by atoms with Crippen LogP contribution < -0.4 is 10.6 Å². The summed E-state index contributed by atoms with van der Waals surface area (Å²) in [7, 11) is 6.92. The normalized spacial score (nSPS) is 28.1. The van der Waals surface area contributed by atoms with Crippen molar-refractivity contribution in [3.05, 3.63) is 50.3 Å². The van der Waals surface area contributed by atoms with Crippen molar-refractivity contribution in [3.8, 4) is 0 Å². The highest BCUT2D eigenvalue weighted by Gasteiger charge is 2.63. The van der Waals surface area contributed by atoms with Crippen molar-refractivity contribution in [3.63, 3.8) is 0 Å². The molecule has 0 saturated heterocycles. The zero-order chi connectivity index (χ0) is 30.0. The number of nitrogens with zero attached hydrogens (tertiary/aromatic N) is 3. The number of amides is 1. The Morgan fingerprint density at radius 1 is 1.15 bits per heavy atom. The zero-order valence-electron chi connectivity index (χ0n) is 23.9. The van der Waals surface area contributed by atoms with Gasteiger partial charge in [-0.05, 0) is 74.0 Å². The number of benzene rings is 1. The highest BCUT2D eigenvalue weighted by atomic mass is 16.3. The van der Waals surface area contributed by atoms with Gasteiger partial charge in [0, 0.05) is 31.3 Å². The zero-order valence-corrected chi connectivity index (χ0v) is 23.9. The van der Waals surface area contributed by atoms with Gasteiger partial charge in [0.1, 0.15) is 22.8 Å². The number of aliphatic hydroxyl groups is 3. The number of carbonyl (C=O) groups is 3. The fraction of sp³-hybridized carbons (Fsp3) is 0.567. The molecule has 220 valence electrons. The molecular formula is C30H38N4O7. The molecule has 11 heteroatoms. The van der Waals surface area contributed by atoms with Crippen LogP contribution in [-0.4, -0.2) is 77.5 Å². The second-order valence-corrected chi connectivity index (χ2v) is 12.4. The molecule has 0 unspecified atom stereocenters. The molecule has 1 saturated carbocycles. The van der Waals surface area contributed by atoms with Crippen LogP contribution in [0.25, 0.3) is 0 Å². The van der Waals surface area contributed by atoms with E-state index in [2.05, 4.69) is 5.18 Å². The number of allylic oxidation sites excluding steroid dienone is 1. The summed E-state index contributed by atoms with van der Waals surface area (Å²) >= 11 is 0. The number of nitrogens with two attached hydrogens (primary N) is 1. The molecule has 41 heavy (non-hydrogen) atoms. The molecule has 4 aliphatic rings. The summed E-state index contributed by atoms with van der Waals surface area (Å²) in [5, 5.41) is 37.6. The van der Waals surface area contributed by atoms with E-state index in [-0.39, 0.29) is 29.7 Å². The predicted molar refractivity (Wildman–Crippen MR) is 152 cm³/mol. The Bertz CT molecular complexity index is 1410. The first-order valence-electron chi connectivity index (χ1n) is 14.2. The van der Waals surface area contributed by atoms with Gasteiger partial charge >= 0.3 is 0 Å². The van der Waals surface area contributed by atoms with Crippen LogP contribution in [0.5, 0.6) is 0 Å². The summed E-state index contributed by atoms with van der Waals surface area (Å²) in [5.74, 6) is -5.76. The summed E-state index contributed by atoms with van der Waals surface area (Å²) < 4.78 is 0. The molecule has 1 aromatic rings. The van der Waals surface area contributed by atoms with E-state index in [9.17, 15) is 34.6 Å². The number of anilines is 1. The topological polar surface area (TPSA) is 174 Å². The number of rotatable bonds is 7. The van der Waals surface area contributed by atoms with E-state index < -0.39 is 58.0 Å². The maximum absolute atomic E-state index is 14.2. The standard InChI is InChI=1S/C30H38N4O7/c1-33(2)19-13-15(10-9-14-7-5-6-8-14)23(32-41)21-17(19)11-16-12-18-24(34(3)4)26(36)22(29(31)39)28(38)30(18,40)27(37)20(16)25(21)35/h13-14,16,18,24,36-37,40H,5-12H2,1-4H3,(H2,31,39)/t16-,18-,24-,30-/m0/s1. The van der Waals surface area contributed by atoms with Gasteiger partial charge in [-0.1, -0.05) is 25.7 Å². The van der Waals surface area contributed by atoms with Crippen molar-refractivity contribution in [1.29, 1.82) is 0 Å². The lowest BCUT2D eigenvalue weighted by Crippen LogP contribution is -2.63. The third-order valence-corrected chi connectivity index (χ3v) is 9.65. The second-order valence-electron chi connectivity index (χ2n) is 12.4. The first kappa shape index (κ1) is 28.9. The van der Waals surface area contributed by atoms with Crippen LogP contribution >= 0.6 is 0 Å². The third kappa shape index (κ3) is 4.28. The first-order valence-corrected chi connectivity index (χ1v) is 14.2. The molecule has 1 fully saturated rings. The molecule has 0 aliphatic heterocycles. The van der Waals surface area contributed by atoms with Crippen molar-refractivity contribution in [1.82, 2.24) is 4.90 Å². The molecule has 0 bridgehead atoms. The summed E-state index contributed by atoms with van der Waals surface area (Å²) in [4.78, 5) is 55.6. The number of aryl methyl sites for hydroxylation is 1. The molecule has 0 heterocycles. The van der Waals surface area contributed by atoms with Crippen LogP contribution in [0.1, 0.15) is 60.0 Å². The average Bonchev–Trinajstić information content (AvgIpc) is 3.42. The third-order valence-electron chi connectivity index (χ3n) is 9.65. The van der Waals surface area contributed by atoms with Crippen LogP contribution in [0.15, 0.2) is 33.9 Å². The minimum Gasteiger partial charge on any atom is -0.510 e. The van der Waals surface area contributed by atoms with Crippen LogP contribution in [0.2, 0.25) is 0 Å². The Hall–Kier alpha value is -3.57. The molecule has 0 aromatic heterocycles. The summed E-state index contributed by atoms with van der Waals surface area (Å²) in [6, 6.07) is 0.894. The Labute approximate surface area is 238 Å². The van der Waals surface area contributed by atoms with Gasteiger partial charge in [-0.2, -0.15) is 0 Å². The van der Waals surface area contributed by atoms with E-state index >= 15 is 0 Å². The number of hydrogen-bond acceptors (Lipinski definition) is 10. The maximum Gasteiger partial charge on any atom is 0.255 e. The average molecular weight is 567 g/mol. The minimum atomic E-state index is -2.66. The predicted octanol–water partition coefficient (Wildman–Crippen LogP) is 3.00. The van der Waals surface area contributed by atoms with Gasteiger partial charge in [-0.3, -0.25) is 19.3 Å². The fourth-order valence-corrected chi connectivity index (χ4v) is 7.71. The molecule has 4 atom stereocenters. The highest BCUT2D eigenvalue weighted by molar-refractivity contribution is 6.25. The molecule has 1 aromatic carbocycles. The molecular weight excluding hydrogens is 528 g/mol. The van der Waals surface area contributed by atoms with Crippen molar-refractivity contribution < 1.29 is 29.7 Å². The summed E-state index contributed by atoms with van der Waals surface area (Å²) in [6.45, 7) is 0. The molecule has 4 aliphatic carbocycles. The number of carbonyl (C=O) groups excluding carboxylic acids is 3. The Kier molecular flexibility index (Phi) is 7.31. The van der Waals surface area contributed by atoms with Crippen molar-refractivity contribution in [2.75, 3.05) is 33.1 Å². The summed E-state index contributed by atoms with van der Waals surface area (Å²) in [5.41, 5.74) is 3.91. The lowest BCUT2D eigenvalue weighted by atomic mass is 9.58. The largest absolute Gasteiger partial charge is 0.510 e. The van der Waals surface area contributed by atoms with E-state index in [0.29, 0.717) is 23.5 Å². The number of nitroso groups, excluding NO2 is 1. The van der Waals surface area contributed by atoms with Gasteiger partial charge in [0.15, 0.2) is 11.4 Å². The lowest BCUT2D eigenvalue weighted by molar-refractivity contribution is -0.148. The van der Waals surface area contributed by atoms with E-state index in [0.717, 1.165) is 24.9 Å². The minimum absolute atomic E-state index is 0.0259. The van der Waals surface area contributed by atoms with Gasteiger partial charge in [0.2, 0.25) is 5.78 Å². The molecule has 1 amide bonds. The van der Waals surface area contributed by atoms with Gasteiger partial charge in [0.25, 0.3) is 5.91 Å². The van der Waals surface area contributed by atoms with E-state index in [4.69, 9.17) is 5.73 Å². The quantitative estimate of drug-likeness (QED) is 0.286. The second kappa shape index (κ2) is 10.4. The van der Waals surface area contributed by atoms with Crippen molar-refractivity contribution in [2.45, 2.75) is 63.0 Å². The molecule has 5 rings (SSSR count). The van der Waals surface area contributed by atoms with Crippen LogP contribution in [-0.2, 0) is 22.4 Å². The number of hydrogen-bond donors (Lipinski definition) is 4. The molecule has 5 N–H and O–H groups in total. The van der Waals surface area contributed by atoms with E-state index in [1.165, 1.54) is 17.7 Å². The van der Waals surface area contributed by atoms with Gasteiger partial charge in [-0.15, -0.1) is 4.91 Å². The number of likely N-dealkylation sites (N-methyl/N-ethyl adjacent to an activating group) is 1. The van der Waals surface area contributed by atoms with Crippen molar-refractivity contribution in [2.24, 2.45) is 28.7 Å². The Morgan fingerprint density at radius 2 is 1.80 bits per heavy atom. The number of Topliss-reactive ketones (excluding diaryl/α,β-unsaturated/α-hetero) is 2. The Morgan fingerprint density at radius 3 is 2.37 bits per heavy atom. The maximum atomic E-state index is 14.2. The van der Waals surface area contributed by atoms with E-state index in [1.54, 1.807) is 14.1 Å². The SMILES string of the molecule is CN(C)c1cc(CCC2CCCC2)c(N=O)c2c1C[C@H]1C[C@H]3[C@H](N(C)C)C(O)=C(C(N)=O)C(=O)[C@@]3(O)C(O)=C1C2=O. The summed E-state index contributed by atoms with van der Waals surface area (Å²) in [6.07, 6.45) is 6.37. The number of primary amides is 1. The molecule has 11 nitrogen and oxygen atoms in total. The van der Waals surface area contributed by atoms with Gasteiger partial charge < -0.3 is 26.0 Å². The molecule has 0 spiro atoms. The van der Waals surface area contributed by atoms with Crippen LogP contribution in [0.3, 0.4) is 0 Å². The first-order chi connectivity index (χ1) is 19.3. The number of ketones is 2. The smallest absolute Gasteiger partial charge is 0.255 e. The fourth-order valence-electron chi connectivity index (χ4n) is 7.71. The highest BCUT2D eigenvalue weighted by Crippen LogP contribution is 2.53. The molecule has 0 radical (unpaired) electrons. The number of aliphatic hydroxyl groups excluding tert-OH is 2. The van der Waals surface area contributed by atoms with Gasteiger partial charge in [-0.25, -0.2) is 0 Å². The van der Waals surface area contributed by atoms with Gasteiger partial charge in [0.05, 0.1) is 11.6 Å². The monoisotopic (exact) mass is 566 g/mol. The van der Waals surface area contributed by atoms with Crippen molar-refractivity contribution >= 4 is 28.8 Å². The van der Waals surface area contributed by atoms with Crippen LogP contribution in [0, 0.1) is 22.7 Å².